The topological polar surface area (TPSA) is 97.7 Å². The van der Waals surface area contributed by atoms with Crippen molar-refractivity contribution in [3.8, 4) is 17.2 Å². The van der Waals surface area contributed by atoms with Gasteiger partial charge in [-0.25, -0.2) is 9.18 Å². The van der Waals surface area contributed by atoms with Crippen molar-refractivity contribution in [1.29, 1.82) is 5.26 Å². The number of hydrogen-bond donors (Lipinski definition) is 1. The summed E-state index contributed by atoms with van der Waals surface area (Å²) in [4.78, 5) is 26.3. The number of Topliss-reactive ketones (excluding diaryl/α,β-unsaturated/α-hetero) is 1. The molecule has 1 saturated heterocycles. The van der Waals surface area contributed by atoms with E-state index in [1.54, 1.807) is 26.8 Å². The molecule has 3 aliphatic rings. The molecule has 1 aliphatic carbocycles. The van der Waals surface area contributed by atoms with Crippen molar-refractivity contribution in [3.05, 3.63) is 58.9 Å². The molecule has 5 rings (SSSR count). The average Bonchev–Trinajstić information content (AvgIpc) is 3.69. The summed E-state index contributed by atoms with van der Waals surface area (Å²) in [6.07, 6.45) is 2.18. The number of nitrogens with zero attached hydrogens (tertiary/aromatic N) is 1. The molecule has 1 N–H and O–H groups in total. The van der Waals surface area contributed by atoms with Crippen LogP contribution in [0, 0.1) is 34.9 Å². The summed E-state index contributed by atoms with van der Waals surface area (Å²) in [6, 6.07) is 13.4. The van der Waals surface area contributed by atoms with Crippen LogP contribution < -0.4 is 5.32 Å². The highest BCUT2D eigenvalue weighted by Crippen LogP contribution is 2.47. The lowest BCUT2D eigenvalue weighted by molar-refractivity contribution is -0.131. The number of ether oxygens (including phenoxy) is 3. The standard InChI is InChI=1S/C32H37FN2O5/c1-31(2,3)40-30(37)35-32(8-10-38-11-9-32)29(36)28-16-22(28)14-21(17-34)12-20-4-6-26-23(13-20)18-39-19-24-15-25(33)5-7-27(24)26/h4-7,13,15,21-22,28H,8-12,14,16,18-19H2,1-3H3,(H,35,37). The molecule has 40 heavy (non-hydrogen) atoms. The van der Waals surface area contributed by atoms with Gasteiger partial charge in [-0.3, -0.25) is 4.79 Å². The van der Waals surface area contributed by atoms with E-state index in [1.807, 2.05) is 12.1 Å². The number of benzene rings is 2. The Kier molecular flexibility index (Phi) is 7.98. The molecule has 0 aromatic heterocycles. The van der Waals surface area contributed by atoms with E-state index in [1.165, 1.54) is 12.1 Å². The van der Waals surface area contributed by atoms with Crippen molar-refractivity contribution in [2.45, 2.75) is 77.2 Å². The Morgan fingerprint density at radius 3 is 2.45 bits per heavy atom. The molecule has 2 aromatic carbocycles. The van der Waals surface area contributed by atoms with Crippen LogP contribution in [-0.4, -0.2) is 36.2 Å². The first-order chi connectivity index (χ1) is 19.1. The van der Waals surface area contributed by atoms with E-state index in [-0.39, 0.29) is 29.4 Å². The molecule has 212 valence electrons. The molecule has 2 aromatic rings. The summed E-state index contributed by atoms with van der Waals surface area (Å²) in [5.41, 5.74) is 3.23. The van der Waals surface area contributed by atoms with Gasteiger partial charge in [-0.05, 0) is 85.9 Å². The number of carbonyl (C=O) groups excluding carboxylic acids is 2. The number of nitrogens with one attached hydrogen (secondary N) is 1. The number of alkyl carbamates (subject to hydrolysis) is 1. The first kappa shape index (κ1) is 28.3. The van der Waals surface area contributed by atoms with E-state index in [9.17, 15) is 19.2 Å². The number of carbonyl (C=O) groups is 2. The Hall–Kier alpha value is -3.28. The van der Waals surface area contributed by atoms with E-state index in [0.29, 0.717) is 52.1 Å². The zero-order chi connectivity index (χ0) is 28.5. The molecule has 0 bridgehead atoms. The lowest BCUT2D eigenvalue weighted by Gasteiger charge is -2.37. The van der Waals surface area contributed by atoms with Crippen LogP contribution in [-0.2, 0) is 38.6 Å². The first-order valence-corrected chi connectivity index (χ1v) is 14.1. The van der Waals surface area contributed by atoms with E-state index >= 15 is 0 Å². The number of fused-ring (bicyclic) bond motifs is 3. The quantitative estimate of drug-likeness (QED) is 0.465. The molecule has 3 atom stereocenters. The van der Waals surface area contributed by atoms with Gasteiger partial charge in [0.25, 0.3) is 0 Å². The van der Waals surface area contributed by atoms with Crippen LogP contribution in [0.1, 0.15) is 63.1 Å². The minimum Gasteiger partial charge on any atom is -0.444 e. The smallest absolute Gasteiger partial charge is 0.408 e. The van der Waals surface area contributed by atoms with Crippen LogP contribution in [0.4, 0.5) is 9.18 Å². The van der Waals surface area contributed by atoms with Gasteiger partial charge in [0, 0.05) is 32.0 Å². The highest BCUT2D eigenvalue weighted by molar-refractivity contribution is 5.95. The fourth-order valence-electron chi connectivity index (χ4n) is 6.04. The molecule has 0 radical (unpaired) electrons. The Morgan fingerprint density at radius 1 is 1.10 bits per heavy atom. The van der Waals surface area contributed by atoms with Gasteiger partial charge in [0.1, 0.15) is 17.0 Å². The van der Waals surface area contributed by atoms with Crippen molar-refractivity contribution < 1.29 is 28.2 Å². The van der Waals surface area contributed by atoms with E-state index in [4.69, 9.17) is 14.2 Å². The van der Waals surface area contributed by atoms with Crippen molar-refractivity contribution in [3.63, 3.8) is 0 Å². The van der Waals surface area contributed by atoms with E-state index < -0.39 is 17.2 Å². The van der Waals surface area contributed by atoms with Gasteiger partial charge in [0.05, 0.1) is 25.2 Å². The summed E-state index contributed by atoms with van der Waals surface area (Å²) >= 11 is 0. The molecule has 1 amide bonds. The van der Waals surface area contributed by atoms with Crippen LogP contribution in [0.3, 0.4) is 0 Å². The molecule has 2 fully saturated rings. The molecule has 3 unspecified atom stereocenters. The molecule has 1 saturated carbocycles. The lowest BCUT2D eigenvalue weighted by Crippen LogP contribution is -2.59. The summed E-state index contributed by atoms with van der Waals surface area (Å²) in [7, 11) is 0. The zero-order valence-electron chi connectivity index (χ0n) is 23.4. The van der Waals surface area contributed by atoms with Crippen molar-refractivity contribution >= 4 is 11.9 Å². The number of halogens is 1. The monoisotopic (exact) mass is 548 g/mol. The Balaban J connectivity index is 1.24. The van der Waals surface area contributed by atoms with Crippen LogP contribution in [0.2, 0.25) is 0 Å². The largest absolute Gasteiger partial charge is 0.444 e. The number of hydrogen-bond acceptors (Lipinski definition) is 6. The number of rotatable bonds is 7. The Bertz CT molecular complexity index is 1320. The van der Waals surface area contributed by atoms with Gasteiger partial charge in [-0.2, -0.15) is 5.26 Å². The van der Waals surface area contributed by atoms with Gasteiger partial charge in [0.15, 0.2) is 5.78 Å². The van der Waals surface area contributed by atoms with Crippen molar-refractivity contribution in [2.24, 2.45) is 17.8 Å². The summed E-state index contributed by atoms with van der Waals surface area (Å²) in [5, 5.41) is 12.9. The highest BCUT2D eigenvalue weighted by Gasteiger charge is 2.53. The Labute approximate surface area is 235 Å². The van der Waals surface area contributed by atoms with Gasteiger partial charge in [0.2, 0.25) is 0 Å². The molecule has 0 spiro atoms. The third kappa shape index (κ3) is 6.37. The van der Waals surface area contributed by atoms with Gasteiger partial charge < -0.3 is 19.5 Å². The van der Waals surface area contributed by atoms with Crippen LogP contribution >= 0.6 is 0 Å². The van der Waals surface area contributed by atoms with E-state index in [0.717, 1.165) is 34.2 Å². The van der Waals surface area contributed by atoms with Gasteiger partial charge in [-0.15, -0.1) is 0 Å². The van der Waals surface area contributed by atoms with Crippen LogP contribution in [0.5, 0.6) is 0 Å². The van der Waals surface area contributed by atoms with Crippen molar-refractivity contribution in [2.75, 3.05) is 13.2 Å². The molecule has 7 nitrogen and oxygen atoms in total. The predicted molar refractivity (Wildman–Crippen MR) is 147 cm³/mol. The first-order valence-electron chi connectivity index (χ1n) is 14.1. The van der Waals surface area contributed by atoms with Gasteiger partial charge in [-0.1, -0.05) is 24.3 Å². The highest BCUT2D eigenvalue weighted by atomic mass is 19.1. The second kappa shape index (κ2) is 11.3. The second-order valence-corrected chi connectivity index (χ2v) is 12.3. The third-order valence-electron chi connectivity index (χ3n) is 8.11. The fraction of sp³-hybridized carbons (Fsp3) is 0.531. The molecular formula is C32H37FN2O5. The van der Waals surface area contributed by atoms with Gasteiger partial charge >= 0.3 is 6.09 Å². The maximum atomic E-state index is 13.7. The maximum absolute atomic E-state index is 13.7. The third-order valence-corrected chi connectivity index (χ3v) is 8.11. The second-order valence-electron chi connectivity index (χ2n) is 12.3. The lowest BCUT2D eigenvalue weighted by atomic mass is 9.82. The van der Waals surface area contributed by atoms with Crippen molar-refractivity contribution in [1.82, 2.24) is 5.32 Å². The summed E-state index contributed by atoms with van der Waals surface area (Å²) < 4.78 is 30.5. The minimum absolute atomic E-state index is 0.0284. The molecule has 8 heteroatoms. The number of ketones is 1. The Morgan fingerprint density at radius 2 is 1.77 bits per heavy atom. The predicted octanol–water partition coefficient (Wildman–Crippen LogP) is 5.87. The molecule has 2 heterocycles. The zero-order valence-corrected chi connectivity index (χ0v) is 23.4. The van der Waals surface area contributed by atoms with Crippen LogP contribution in [0.25, 0.3) is 11.1 Å². The number of nitriles is 1. The SMILES string of the molecule is CC(C)(C)OC(=O)NC1(C(=O)C2CC2CC(C#N)Cc2ccc3c(c2)COCc2cc(F)ccc2-3)CCOCC1. The summed E-state index contributed by atoms with van der Waals surface area (Å²) in [6.45, 7) is 6.96. The minimum atomic E-state index is -0.988. The molecular weight excluding hydrogens is 511 g/mol. The van der Waals surface area contributed by atoms with Crippen LogP contribution in [0.15, 0.2) is 36.4 Å². The fourth-order valence-corrected chi connectivity index (χ4v) is 6.04. The maximum Gasteiger partial charge on any atom is 0.408 e. The number of amides is 1. The normalized spacial score (nSPS) is 22.1. The summed E-state index contributed by atoms with van der Waals surface area (Å²) in [5.74, 6) is -0.553. The van der Waals surface area contributed by atoms with E-state index in [2.05, 4.69) is 17.5 Å². The molecule has 2 aliphatic heterocycles. The average molecular weight is 549 g/mol.